The Morgan fingerprint density at radius 3 is 2.50 bits per heavy atom. The molecule has 0 atom stereocenters. The lowest BCUT2D eigenvalue weighted by atomic mass is 10.2. The van der Waals surface area contributed by atoms with Crippen molar-refractivity contribution in [2.45, 2.75) is 18.2 Å². The number of carbonyl (C=O) groups excluding carboxylic acids is 1. The summed E-state index contributed by atoms with van der Waals surface area (Å²) in [6, 6.07) is 15.5. The van der Waals surface area contributed by atoms with Crippen molar-refractivity contribution < 1.29 is 17.9 Å². The Balaban J connectivity index is 1.37. The fourth-order valence-corrected chi connectivity index (χ4v) is 6.00. The molecule has 3 aromatic rings. The highest BCUT2D eigenvalue weighted by Gasteiger charge is 2.30. The number of thiazole rings is 1. The first kappa shape index (κ1) is 23.9. The van der Waals surface area contributed by atoms with Crippen molar-refractivity contribution >= 4 is 27.3 Å². The molecule has 1 aliphatic heterocycles. The molecule has 0 N–H and O–H groups in total. The minimum absolute atomic E-state index is 0.0784. The minimum Gasteiger partial charge on any atom is -0.493 e. The Bertz CT molecular complexity index is 1310. The molecule has 0 bridgehead atoms. The number of rotatable bonds is 7. The summed E-state index contributed by atoms with van der Waals surface area (Å²) < 4.78 is 32.8. The molecule has 1 aliphatic rings. The second-order valence-electron chi connectivity index (χ2n) is 7.67. The number of piperazine rings is 1. The van der Waals surface area contributed by atoms with Crippen molar-refractivity contribution in [3.63, 3.8) is 0 Å². The molecule has 10 heteroatoms. The molecule has 2 aromatic carbocycles. The minimum atomic E-state index is -3.67. The molecule has 0 radical (unpaired) electrons. The van der Waals surface area contributed by atoms with Gasteiger partial charge in [0, 0.05) is 31.6 Å². The molecule has 1 amide bonds. The highest BCUT2D eigenvalue weighted by atomic mass is 32.2. The van der Waals surface area contributed by atoms with E-state index in [1.54, 1.807) is 4.90 Å². The first-order valence-electron chi connectivity index (χ1n) is 10.9. The molecular formula is C24H24N4O4S2. The summed E-state index contributed by atoms with van der Waals surface area (Å²) in [5, 5.41) is 11.6. The number of aromatic nitrogens is 1. The number of ether oxygens (including phenoxy) is 1. The predicted octanol–water partition coefficient (Wildman–Crippen LogP) is 3.16. The first-order chi connectivity index (χ1) is 16.4. The van der Waals surface area contributed by atoms with Gasteiger partial charge in [0.15, 0.2) is 0 Å². The summed E-state index contributed by atoms with van der Waals surface area (Å²) in [5.41, 5.74) is 1.99. The highest BCUT2D eigenvalue weighted by Crippen LogP contribution is 2.32. The van der Waals surface area contributed by atoms with E-state index in [2.05, 4.69) is 4.98 Å². The van der Waals surface area contributed by atoms with Crippen LogP contribution in [0.2, 0.25) is 0 Å². The zero-order valence-corrected chi connectivity index (χ0v) is 20.3. The van der Waals surface area contributed by atoms with Gasteiger partial charge in [-0.3, -0.25) is 4.79 Å². The smallest absolute Gasteiger partial charge is 0.243 e. The molecular weight excluding hydrogens is 472 g/mol. The average molecular weight is 497 g/mol. The Hall–Kier alpha value is -3.26. The first-order valence-corrected chi connectivity index (χ1v) is 13.2. The van der Waals surface area contributed by atoms with E-state index in [-0.39, 0.29) is 30.3 Å². The van der Waals surface area contributed by atoms with E-state index in [0.29, 0.717) is 31.0 Å². The molecule has 8 nitrogen and oxygen atoms in total. The molecule has 176 valence electrons. The number of nitrogens with zero attached hydrogens (tertiary/aromatic N) is 4. The van der Waals surface area contributed by atoms with Gasteiger partial charge in [-0.05, 0) is 43.3 Å². The summed E-state index contributed by atoms with van der Waals surface area (Å²) >= 11 is 1.47. The highest BCUT2D eigenvalue weighted by molar-refractivity contribution is 7.89. The molecule has 34 heavy (non-hydrogen) atoms. The van der Waals surface area contributed by atoms with Crippen LogP contribution in [0.1, 0.15) is 18.2 Å². The lowest BCUT2D eigenvalue weighted by Gasteiger charge is -2.34. The Morgan fingerprint density at radius 1 is 1.12 bits per heavy atom. The number of nitriles is 1. The number of amides is 1. The van der Waals surface area contributed by atoms with Crippen molar-refractivity contribution in [3.8, 4) is 22.4 Å². The largest absolute Gasteiger partial charge is 0.493 e. The molecule has 0 saturated carbocycles. The summed E-state index contributed by atoms with van der Waals surface area (Å²) in [5.74, 6) is 0.683. The standard InChI is InChI=1S/C24H24N4O4S2/c1-2-32-22-6-4-3-5-21(22)24-26-19(17-33-24)15-23(29)27-11-13-28(14-12-27)34(30,31)20-9-7-18(16-25)8-10-20/h3-10,17H,2,11-15H2,1H3. The number of benzene rings is 2. The van der Waals surface area contributed by atoms with Crippen LogP contribution in [0.5, 0.6) is 5.75 Å². The molecule has 0 spiro atoms. The second kappa shape index (κ2) is 10.3. The zero-order valence-electron chi connectivity index (χ0n) is 18.7. The van der Waals surface area contributed by atoms with Crippen LogP contribution in [0.3, 0.4) is 0 Å². The van der Waals surface area contributed by atoms with Crippen molar-refractivity contribution in [1.82, 2.24) is 14.2 Å². The van der Waals surface area contributed by atoms with Crippen LogP contribution in [0.4, 0.5) is 0 Å². The third kappa shape index (κ3) is 5.12. The SMILES string of the molecule is CCOc1ccccc1-c1nc(CC(=O)N2CCN(S(=O)(=O)c3ccc(C#N)cc3)CC2)cs1. The van der Waals surface area contributed by atoms with Crippen LogP contribution in [0.15, 0.2) is 58.8 Å². The third-order valence-electron chi connectivity index (χ3n) is 5.51. The monoisotopic (exact) mass is 496 g/mol. The fourth-order valence-electron chi connectivity index (χ4n) is 3.73. The van der Waals surface area contributed by atoms with E-state index in [1.807, 2.05) is 42.6 Å². The fraction of sp³-hybridized carbons (Fsp3) is 0.292. The maximum atomic E-state index is 12.9. The van der Waals surface area contributed by atoms with Gasteiger partial charge in [-0.1, -0.05) is 12.1 Å². The van der Waals surface area contributed by atoms with E-state index >= 15 is 0 Å². The lowest BCUT2D eigenvalue weighted by molar-refractivity contribution is -0.131. The number of para-hydroxylation sites is 1. The van der Waals surface area contributed by atoms with Crippen LogP contribution < -0.4 is 4.74 Å². The predicted molar refractivity (Wildman–Crippen MR) is 129 cm³/mol. The van der Waals surface area contributed by atoms with Gasteiger partial charge in [0.1, 0.15) is 10.8 Å². The van der Waals surface area contributed by atoms with Crippen LogP contribution in [0.25, 0.3) is 10.6 Å². The second-order valence-corrected chi connectivity index (χ2v) is 10.5. The van der Waals surface area contributed by atoms with E-state index in [1.165, 1.54) is 39.9 Å². The van der Waals surface area contributed by atoms with E-state index in [4.69, 9.17) is 10.00 Å². The Labute approximate surface area is 203 Å². The van der Waals surface area contributed by atoms with Gasteiger partial charge in [-0.25, -0.2) is 13.4 Å². The molecule has 1 aromatic heterocycles. The molecule has 0 aliphatic carbocycles. The molecule has 4 rings (SSSR count). The Morgan fingerprint density at radius 2 is 1.82 bits per heavy atom. The maximum absolute atomic E-state index is 12.9. The van der Waals surface area contributed by atoms with Crippen LogP contribution in [-0.2, 0) is 21.2 Å². The summed E-state index contributed by atoms with van der Waals surface area (Å²) in [7, 11) is -3.67. The van der Waals surface area contributed by atoms with Gasteiger partial charge >= 0.3 is 0 Å². The molecule has 2 heterocycles. The normalized spacial score (nSPS) is 14.5. The van der Waals surface area contributed by atoms with Gasteiger partial charge in [0.25, 0.3) is 0 Å². The van der Waals surface area contributed by atoms with Gasteiger partial charge in [0.05, 0.1) is 40.8 Å². The average Bonchev–Trinajstić information content (AvgIpc) is 3.33. The quantitative estimate of drug-likeness (QED) is 0.498. The molecule has 1 fully saturated rings. The van der Waals surface area contributed by atoms with Crippen molar-refractivity contribution in [2.24, 2.45) is 0 Å². The topological polar surface area (TPSA) is 104 Å². The van der Waals surface area contributed by atoms with Crippen molar-refractivity contribution in [2.75, 3.05) is 32.8 Å². The summed E-state index contributed by atoms with van der Waals surface area (Å²) in [4.78, 5) is 19.3. The van der Waals surface area contributed by atoms with Gasteiger partial charge in [-0.15, -0.1) is 11.3 Å². The summed E-state index contributed by atoms with van der Waals surface area (Å²) in [6.45, 7) is 3.56. The summed E-state index contributed by atoms with van der Waals surface area (Å²) in [6.07, 6.45) is 0.162. The van der Waals surface area contributed by atoms with Gasteiger partial charge < -0.3 is 9.64 Å². The molecule has 0 unspecified atom stereocenters. The van der Waals surface area contributed by atoms with Gasteiger partial charge in [-0.2, -0.15) is 9.57 Å². The zero-order chi connectivity index (χ0) is 24.1. The number of hydrogen-bond donors (Lipinski definition) is 0. The van der Waals surface area contributed by atoms with Crippen LogP contribution in [-0.4, -0.2) is 61.3 Å². The Kier molecular flexibility index (Phi) is 7.26. The number of hydrogen-bond acceptors (Lipinski definition) is 7. The van der Waals surface area contributed by atoms with Crippen molar-refractivity contribution in [1.29, 1.82) is 5.26 Å². The maximum Gasteiger partial charge on any atom is 0.243 e. The van der Waals surface area contributed by atoms with Crippen molar-refractivity contribution in [3.05, 3.63) is 65.2 Å². The number of sulfonamides is 1. The number of carbonyl (C=O) groups is 1. The van der Waals surface area contributed by atoms with Gasteiger partial charge in [0.2, 0.25) is 15.9 Å². The van der Waals surface area contributed by atoms with E-state index in [9.17, 15) is 13.2 Å². The van der Waals surface area contributed by atoms with E-state index in [0.717, 1.165) is 16.3 Å². The van der Waals surface area contributed by atoms with Crippen LogP contribution in [0, 0.1) is 11.3 Å². The van der Waals surface area contributed by atoms with E-state index < -0.39 is 10.0 Å². The third-order valence-corrected chi connectivity index (χ3v) is 8.35. The lowest BCUT2D eigenvalue weighted by Crippen LogP contribution is -2.50. The van der Waals surface area contributed by atoms with Crippen LogP contribution >= 0.6 is 11.3 Å². The molecule has 1 saturated heterocycles.